The van der Waals surface area contributed by atoms with Gasteiger partial charge in [-0.05, 0) is 60.6 Å². The zero-order valence-electron chi connectivity index (χ0n) is 13.8. The average molecular weight is 329 g/mol. The summed E-state index contributed by atoms with van der Waals surface area (Å²) in [5.41, 5.74) is 2.50. The van der Waals surface area contributed by atoms with Gasteiger partial charge in [-0.15, -0.1) is 0 Å². The summed E-state index contributed by atoms with van der Waals surface area (Å²) in [6.07, 6.45) is 5.04. The number of nitrogens with one attached hydrogen (secondary N) is 1. The van der Waals surface area contributed by atoms with Crippen LogP contribution >= 0.6 is 0 Å². The molecule has 1 aliphatic carbocycles. The van der Waals surface area contributed by atoms with Crippen LogP contribution in [0.15, 0.2) is 41.0 Å². The molecular formula is C19H23NO4. The molecule has 0 radical (unpaired) electrons. The molecule has 5 nitrogen and oxygen atoms in total. The van der Waals surface area contributed by atoms with E-state index < -0.39 is 6.04 Å². The Morgan fingerprint density at radius 2 is 2.33 bits per heavy atom. The molecule has 1 heterocycles. The third kappa shape index (κ3) is 3.62. The number of aliphatic hydroxyl groups is 1. The number of amides is 1. The quantitative estimate of drug-likeness (QED) is 0.855. The summed E-state index contributed by atoms with van der Waals surface area (Å²) in [5.74, 6) is 1.56. The monoisotopic (exact) mass is 329 g/mol. The maximum absolute atomic E-state index is 12.4. The molecule has 1 aromatic heterocycles. The molecule has 2 atom stereocenters. The third-order valence-electron chi connectivity index (χ3n) is 4.62. The number of furan rings is 1. The molecule has 1 aromatic carbocycles. The topological polar surface area (TPSA) is 71.7 Å². The summed E-state index contributed by atoms with van der Waals surface area (Å²) in [6.45, 7) is -0.183. The third-order valence-corrected chi connectivity index (χ3v) is 4.62. The van der Waals surface area contributed by atoms with Crippen molar-refractivity contribution in [2.24, 2.45) is 0 Å². The van der Waals surface area contributed by atoms with Gasteiger partial charge in [0.25, 0.3) is 0 Å². The second kappa shape index (κ2) is 7.53. The summed E-state index contributed by atoms with van der Waals surface area (Å²) in [4.78, 5) is 12.4. The van der Waals surface area contributed by atoms with Crippen molar-refractivity contribution < 1.29 is 19.1 Å². The number of hydrogen-bond donors (Lipinski definition) is 2. The average Bonchev–Trinajstić information content (AvgIpc) is 3.14. The second-order valence-corrected chi connectivity index (χ2v) is 6.18. The minimum absolute atomic E-state index is 0.0703. The molecule has 2 aromatic rings. The number of rotatable bonds is 6. The number of methoxy groups -OCH3 is 1. The Labute approximate surface area is 141 Å². The van der Waals surface area contributed by atoms with E-state index in [0.29, 0.717) is 12.2 Å². The molecule has 0 fully saturated rings. The van der Waals surface area contributed by atoms with Gasteiger partial charge in [0.15, 0.2) is 0 Å². The minimum atomic E-state index is -0.494. The van der Waals surface area contributed by atoms with Crippen LogP contribution in [0.4, 0.5) is 0 Å². The van der Waals surface area contributed by atoms with Crippen molar-refractivity contribution in [1.29, 1.82) is 0 Å². The number of ether oxygens (including phenoxy) is 1. The second-order valence-electron chi connectivity index (χ2n) is 6.18. The van der Waals surface area contributed by atoms with Crippen LogP contribution in [-0.4, -0.2) is 24.7 Å². The Bertz CT molecular complexity index is 681. The molecule has 0 saturated carbocycles. The Hall–Kier alpha value is -2.27. The molecule has 0 saturated heterocycles. The molecule has 24 heavy (non-hydrogen) atoms. The van der Waals surface area contributed by atoms with Crippen LogP contribution in [-0.2, 0) is 11.2 Å². The maximum atomic E-state index is 12.4. The van der Waals surface area contributed by atoms with Crippen molar-refractivity contribution in [2.45, 2.75) is 37.6 Å². The van der Waals surface area contributed by atoms with Crippen molar-refractivity contribution in [2.75, 3.05) is 13.7 Å². The lowest BCUT2D eigenvalue weighted by atomic mass is 9.81. The highest BCUT2D eigenvalue weighted by Crippen LogP contribution is 2.35. The first-order chi connectivity index (χ1) is 11.7. The van der Waals surface area contributed by atoms with Gasteiger partial charge in [-0.25, -0.2) is 0 Å². The van der Waals surface area contributed by atoms with Crippen LogP contribution in [0, 0.1) is 0 Å². The Balaban J connectivity index is 1.67. The van der Waals surface area contributed by atoms with E-state index in [4.69, 9.17) is 9.15 Å². The summed E-state index contributed by atoms with van der Waals surface area (Å²) < 4.78 is 10.6. The van der Waals surface area contributed by atoms with Gasteiger partial charge < -0.3 is 19.6 Å². The van der Waals surface area contributed by atoms with E-state index in [1.54, 1.807) is 19.2 Å². The van der Waals surface area contributed by atoms with E-state index in [-0.39, 0.29) is 18.4 Å². The van der Waals surface area contributed by atoms with Crippen LogP contribution in [0.3, 0.4) is 0 Å². The van der Waals surface area contributed by atoms with E-state index in [9.17, 15) is 9.90 Å². The molecule has 0 aliphatic heterocycles. The standard InChI is InChI=1S/C19H23NO4/c1-23-15-7-8-16-13(10-15)4-2-5-14(16)11-19(22)20-17(12-21)18-6-3-9-24-18/h3,6-10,14,17,21H,2,4-5,11-12H2,1H3,(H,20,22). The fourth-order valence-corrected chi connectivity index (χ4v) is 3.40. The van der Waals surface area contributed by atoms with Crippen molar-refractivity contribution in [3.8, 4) is 5.75 Å². The fraction of sp³-hybridized carbons (Fsp3) is 0.421. The molecule has 3 rings (SSSR count). The van der Waals surface area contributed by atoms with Gasteiger partial charge in [-0.1, -0.05) is 6.07 Å². The number of hydrogen-bond acceptors (Lipinski definition) is 4. The van der Waals surface area contributed by atoms with Gasteiger partial charge in [0, 0.05) is 6.42 Å². The Kier molecular flexibility index (Phi) is 5.20. The molecular weight excluding hydrogens is 306 g/mol. The SMILES string of the molecule is COc1ccc2c(c1)CCCC2CC(=O)NC(CO)c1ccco1. The number of benzene rings is 1. The summed E-state index contributed by atoms with van der Waals surface area (Å²) in [7, 11) is 1.67. The predicted octanol–water partition coefficient (Wildman–Crippen LogP) is 2.95. The zero-order valence-corrected chi connectivity index (χ0v) is 13.8. The van der Waals surface area contributed by atoms with Crippen molar-refractivity contribution in [3.05, 3.63) is 53.5 Å². The largest absolute Gasteiger partial charge is 0.497 e. The Morgan fingerprint density at radius 1 is 1.46 bits per heavy atom. The van der Waals surface area contributed by atoms with E-state index in [0.717, 1.165) is 25.0 Å². The summed E-state index contributed by atoms with van der Waals surface area (Å²) >= 11 is 0. The number of aryl methyl sites for hydroxylation is 1. The van der Waals surface area contributed by atoms with Crippen molar-refractivity contribution in [3.63, 3.8) is 0 Å². The highest BCUT2D eigenvalue weighted by atomic mass is 16.5. The van der Waals surface area contributed by atoms with Gasteiger partial charge in [0.05, 0.1) is 20.0 Å². The highest BCUT2D eigenvalue weighted by molar-refractivity contribution is 5.77. The molecule has 0 bridgehead atoms. The van der Waals surface area contributed by atoms with Crippen LogP contribution < -0.4 is 10.1 Å². The van der Waals surface area contributed by atoms with E-state index in [1.165, 1.54) is 17.4 Å². The van der Waals surface area contributed by atoms with Gasteiger partial charge in [0.1, 0.15) is 17.6 Å². The number of carbonyl (C=O) groups excluding carboxylic acids is 1. The first kappa shape index (κ1) is 16.6. The molecule has 0 spiro atoms. The molecule has 1 amide bonds. The van der Waals surface area contributed by atoms with Gasteiger partial charge >= 0.3 is 0 Å². The number of carbonyl (C=O) groups is 1. The normalized spacial score (nSPS) is 17.8. The van der Waals surface area contributed by atoms with E-state index in [1.807, 2.05) is 6.07 Å². The lowest BCUT2D eigenvalue weighted by molar-refractivity contribution is -0.122. The fourth-order valence-electron chi connectivity index (χ4n) is 3.40. The molecule has 2 unspecified atom stereocenters. The number of fused-ring (bicyclic) bond motifs is 1. The smallest absolute Gasteiger partial charge is 0.221 e. The summed E-state index contributed by atoms with van der Waals surface area (Å²) in [6, 6.07) is 9.10. The summed E-state index contributed by atoms with van der Waals surface area (Å²) in [5, 5.41) is 12.3. The molecule has 2 N–H and O–H groups in total. The predicted molar refractivity (Wildman–Crippen MR) is 90.0 cm³/mol. The maximum Gasteiger partial charge on any atom is 0.221 e. The lowest BCUT2D eigenvalue weighted by Crippen LogP contribution is -2.32. The van der Waals surface area contributed by atoms with Crippen molar-refractivity contribution in [1.82, 2.24) is 5.32 Å². The molecule has 1 aliphatic rings. The van der Waals surface area contributed by atoms with E-state index in [2.05, 4.69) is 17.4 Å². The first-order valence-electron chi connectivity index (χ1n) is 8.31. The van der Waals surface area contributed by atoms with Crippen LogP contribution in [0.1, 0.15) is 48.1 Å². The highest BCUT2D eigenvalue weighted by Gasteiger charge is 2.24. The van der Waals surface area contributed by atoms with Crippen molar-refractivity contribution >= 4 is 5.91 Å². The molecule has 128 valence electrons. The van der Waals surface area contributed by atoms with Crippen LogP contribution in [0.2, 0.25) is 0 Å². The zero-order chi connectivity index (χ0) is 16.9. The molecule has 5 heteroatoms. The lowest BCUT2D eigenvalue weighted by Gasteiger charge is -2.26. The number of aliphatic hydroxyl groups excluding tert-OH is 1. The first-order valence-corrected chi connectivity index (χ1v) is 8.31. The van der Waals surface area contributed by atoms with Crippen LogP contribution in [0.5, 0.6) is 5.75 Å². The Morgan fingerprint density at radius 3 is 3.04 bits per heavy atom. The van der Waals surface area contributed by atoms with Gasteiger partial charge in [-0.3, -0.25) is 4.79 Å². The van der Waals surface area contributed by atoms with E-state index >= 15 is 0 Å². The minimum Gasteiger partial charge on any atom is -0.497 e. The van der Waals surface area contributed by atoms with Gasteiger partial charge in [-0.2, -0.15) is 0 Å². The van der Waals surface area contributed by atoms with Gasteiger partial charge in [0.2, 0.25) is 5.91 Å². The van der Waals surface area contributed by atoms with Crippen LogP contribution in [0.25, 0.3) is 0 Å².